The number of aliphatic hydroxyl groups excluding tert-OH is 11. The van der Waals surface area contributed by atoms with Gasteiger partial charge in [-0.1, -0.05) is 46.3 Å². The third kappa shape index (κ3) is 8.84. The molecule has 7 aliphatic rings. The van der Waals surface area contributed by atoms with Gasteiger partial charge < -0.3 is 84.6 Å². The summed E-state index contributed by atoms with van der Waals surface area (Å²) in [6, 6.07) is 0. The lowest BCUT2D eigenvalue weighted by Gasteiger charge is -2.70. The summed E-state index contributed by atoms with van der Waals surface area (Å²) in [5.41, 5.74) is -0.843. The van der Waals surface area contributed by atoms with Crippen molar-refractivity contribution in [1.29, 1.82) is 0 Å². The molecular weight excluding hydrogens is 849 g/mol. The second-order valence-corrected chi connectivity index (χ2v) is 22.9. The highest BCUT2D eigenvalue weighted by atomic mass is 16.7. The molecule has 0 unspecified atom stereocenters. The van der Waals surface area contributed by atoms with Crippen LogP contribution in [0.3, 0.4) is 0 Å². The molecule has 11 N–H and O–H groups in total. The first kappa shape index (κ1) is 51.9. The van der Waals surface area contributed by atoms with E-state index in [0.29, 0.717) is 19.3 Å². The van der Waals surface area contributed by atoms with E-state index in [2.05, 4.69) is 47.6 Å². The molecule has 7 rings (SSSR count). The van der Waals surface area contributed by atoms with Crippen LogP contribution < -0.4 is 0 Å². The van der Waals surface area contributed by atoms with Crippen molar-refractivity contribution in [3.63, 3.8) is 0 Å². The average Bonchev–Trinajstić information content (AvgIpc) is 3.61. The molecule has 65 heavy (non-hydrogen) atoms. The number of aliphatic hydroxyl groups is 11. The lowest BCUT2D eigenvalue weighted by atomic mass is 9.35. The highest BCUT2D eigenvalue weighted by molar-refractivity contribution is 5.20. The Labute approximate surface area is 384 Å². The van der Waals surface area contributed by atoms with Crippen molar-refractivity contribution in [2.75, 3.05) is 13.2 Å². The molecule has 3 aliphatic heterocycles. The second kappa shape index (κ2) is 19.0. The maximum Gasteiger partial charge on any atom is 0.187 e. The SMILES string of the molecule is CC(C)=CCC[C@](C)(O[C@H]1O[C@@H](CO[C@@H]2O[C@@H](C)[C@@H](O)[C@H](O)[C@H]2O)[C@@H](O)[C@@H](O)[C@H]1O)[C@@H]1CC[C@@]2(C)[C@@H]1CC[C@@H]1[C@]3(C)C[C@H](O)[C@H](O[C@@H]4O[C@@H](CO)[C@@H](O)[C@H](O)[C@@H]4O)C(C)(C)[C@H]3CC[C@@]12C. The van der Waals surface area contributed by atoms with Crippen molar-refractivity contribution in [3.8, 4) is 0 Å². The van der Waals surface area contributed by atoms with Gasteiger partial charge in [-0.2, -0.15) is 0 Å². The number of hydrogen-bond acceptors (Lipinski definition) is 17. The highest BCUT2D eigenvalue weighted by Gasteiger charge is 2.71. The van der Waals surface area contributed by atoms with E-state index in [0.717, 1.165) is 44.1 Å². The molecule has 0 aromatic heterocycles. The highest BCUT2D eigenvalue weighted by Crippen LogP contribution is 2.76. The summed E-state index contributed by atoms with van der Waals surface area (Å²) in [6.07, 6.45) is -13.5. The molecule has 4 saturated carbocycles. The molecule has 0 aromatic rings. The lowest BCUT2D eigenvalue weighted by Crippen LogP contribution is -2.68. The molecule has 0 radical (unpaired) electrons. The number of allylic oxidation sites excluding steroid dienone is 2. The maximum atomic E-state index is 12.1. The molecular formula is C48H82O17. The predicted octanol–water partition coefficient (Wildman–Crippen LogP) is 1.00. The van der Waals surface area contributed by atoms with Crippen molar-refractivity contribution in [2.45, 2.75) is 230 Å². The molecule has 3 saturated heterocycles. The number of fused-ring (bicyclic) bond motifs is 5. The summed E-state index contributed by atoms with van der Waals surface area (Å²) in [5.74, 6) is 0.612. The van der Waals surface area contributed by atoms with E-state index >= 15 is 0 Å². The van der Waals surface area contributed by atoms with Crippen molar-refractivity contribution >= 4 is 0 Å². The zero-order chi connectivity index (χ0) is 47.9. The van der Waals surface area contributed by atoms with E-state index in [1.54, 1.807) is 0 Å². The molecule has 3 heterocycles. The van der Waals surface area contributed by atoms with Gasteiger partial charge in [-0.3, -0.25) is 0 Å². The quantitative estimate of drug-likeness (QED) is 0.0962. The molecule has 7 fully saturated rings. The molecule has 25 atom stereocenters. The summed E-state index contributed by atoms with van der Waals surface area (Å²) >= 11 is 0. The van der Waals surface area contributed by atoms with Crippen molar-refractivity contribution in [1.82, 2.24) is 0 Å². The van der Waals surface area contributed by atoms with Crippen molar-refractivity contribution in [3.05, 3.63) is 11.6 Å². The van der Waals surface area contributed by atoms with Crippen LogP contribution in [0, 0.1) is 45.3 Å². The van der Waals surface area contributed by atoms with Gasteiger partial charge in [0.15, 0.2) is 18.9 Å². The normalized spacial score (nSPS) is 53.0. The van der Waals surface area contributed by atoms with Crippen LogP contribution in [0.4, 0.5) is 0 Å². The van der Waals surface area contributed by atoms with Crippen LogP contribution in [0.1, 0.15) is 120 Å². The smallest absolute Gasteiger partial charge is 0.187 e. The first-order chi connectivity index (χ1) is 30.3. The van der Waals surface area contributed by atoms with Gasteiger partial charge in [-0.05, 0) is 131 Å². The second-order valence-electron chi connectivity index (χ2n) is 22.9. The van der Waals surface area contributed by atoms with Gasteiger partial charge in [-0.25, -0.2) is 0 Å². The Kier molecular flexibility index (Phi) is 15.2. The van der Waals surface area contributed by atoms with E-state index in [4.69, 9.17) is 28.4 Å². The number of ether oxygens (including phenoxy) is 6. The van der Waals surface area contributed by atoms with Crippen LogP contribution in [-0.4, -0.2) is 179 Å². The van der Waals surface area contributed by atoms with E-state index in [1.807, 2.05) is 13.8 Å². The maximum absolute atomic E-state index is 12.1. The monoisotopic (exact) mass is 931 g/mol. The summed E-state index contributed by atoms with van der Waals surface area (Å²) in [7, 11) is 0. The van der Waals surface area contributed by atoms with Gasteiger partial charge in [0.1, 0.15) is 67.1 Å². The third-order valence-electron chi connectivity index (χ3n) is 18.7. The van der Waals surface area contributed by atoms with Crippen LogP contribution in [0.2, 0.25) is 0 Å². The first-order valence-corrected chi connectivity index (χ1v) is 24.2. The van der Waals surface area contributed by atoms with Crippen LogP contribution in [0.5, 0.6) is 0 Å². The Morgan fingerprint density at radius 1 is 0.662 bits per heavy atom. The van der Waals surface area contributed by atoms with Gasteiger partial charge >= 0.3 is 0 Å². The van der Waals surface area contributed by atoms with Gasteiger partial charge in [0.05, 0.1) is 37.1 Å². The van der Waals surface area contributed by atoms with Crippen LogP contribution in [0.15, 0.2) is 11.6 Å². The zero-order valence-electron chi connectivity index (χ0n) is 39.8. The minimum atomic E-state index is -1.65. The summed E-state index contributed by atoms with van der Waals surface area (Å²) < 4.78 is 36.7. The summed E-state index contributed by atoms with van der Waals surface area (Å²) in [4.78, 5) is 0. The fourth-order valence-corrected chi connectivity index (χ4v) is 14.9. The fraction of sp³-hybridized carbons (Fsp3) is 0.958. The van der Waals surface area contributed by atoms with Crippen LogP contribution in [-0.2, 0) is 28.4 Å². The Hall–Kier alpha value is -0.940. The van der Waals surface area contributed by atoms with E-state index in [1.165, 1.54) is 6.92 Å². The fourth-order valence-electron chi connectivity index (χ4n) is 14.9. The Bertz CT molecular complexity index is 1660. The first-order valence-electron chi connectivity index (χ1n) is 24.2. The Balaban J connectivity index is 1.10. The molecule has 376 valence electrons. The molecule has 0 bridgehead atoms. The molecule has 0 spiro atoms. The standard InChI is InChI=1S/C48H82O17/c1-22(2)11-10-16-48(9,65-43-39(59)36(56)33(53)28(63-43)21-60-41-37(57)34(54)31(51)23(3)61-41)25-14-17-46(7)24(25)12-13-30-45(6)19-26(50)40(44(4,5)29(45)15-18-47(30,46)8)64-42-38(58)35(55)32(52)27(20-49)62-42/h11,23-43,49-59H,10,12-21H2,1-9H3/t23-,24+,25+,26-,27-,28-,29+,30+,31+,32+,33+,34-,35-,36+,37+,38-,39+,40-,41+,42-,43+,45+,46-,47-,48-/m0/s1. The minimum Gasteiger partial charge on any atom is -0.394 e. The van der Waals surface area contributed by atoms with Gasteiger partial charge in [-0.15, -0.1) is 0 Å². The molecule has 17 nitrogen and oxygen atoms in total. The van der Waals surface area contributed by atoms with E-state index in [-0.39, 0.29) is 46.5 Å². The van der Waals surface area contributed by atoms with Gasteiger partial charge in [0, 0.05) is 0 Å². The van der Waals surface area contributed by atoms with Crippen molar-refractivity contribution in [2.24, 2.45) is 45.3 Å². The number of hydrogen-bond donors (Lipinski definition) is 11. The summed E-state index contributed by atoms with van der Waals surface area (Å²) in [6.45, 7) is 18.1. The van der Waals surface area contributed by atoms with Crippen molar-refractivity contribution < 1.29 is 84.6 Å². The Morgan fingerprint density at radius 2 is 1.25 bits per heavy atom. The van der Waals surface area contributed by atoms with E-state index in [9.17, 15) is 56.2 Å². The summed E-state index contributed by atoms with van der Waals surface area (Å²) in [5, 5.41) is 118. The molecule has 0 amide bonds. The number of rotatable bonds is 12. The average molecular weight is 931 g/mol. The third-order valence-corrected chi connectivity index (χ3v) is 18.7. The Morgan fingerprint density at radius 3 is 1.89 bits per heavy atom. The minimum absolute atomic E-state index is 0.0285. The topological polar surface area (TPSA) is 278 Å². The van der Waals surface area contributed by atoms with E-state index < -0.39 is 122 Å². The van der Waals surface area contributed by atoms with Crippen LogP contribution >= 0.6 is 0 Å². The molecule has 0 aromatic carbocycles. The van der Waals surface area contributed by atoms with Gasteiger partial charge in [0.2, 0.25) is 0 Å². The molecule has 17 heteroatoms. The lowest BCUT2D eigenvalue weighted by molar-refractivity contribution is -0.348. The largest absolute Gasteiger partial charge is 0.394 e. The molecule has 4 aliphatic carbocycles. The zero-order valence-corrected chi connectivity index (χ0v) is 39.8. The van der Waals surface area contributed by atoms with Gasteiger partial charge in [0.25, 0.3) is 0 Å². The predicted molar refractivity (Wildman–Crippen MR) is 232 cm³/mol. The van der Waals surface area contributed by atoms with Crippen LogP contribution in [0.25, 0.3) is 0 Å².